The first-order valence-corrected chi connectivity index (χ1v) is 6.84. The standard InChI is InChI=1S/C15H17BrN2/c1-5-15(2,3)14-11-8-10(16)6-7-12(11)18-9-13(14)17-4/h6-9H,4-5H2,1-3H3. The highest BCUT2D eigenvalue weighted by Gasteiger charge is 2.24. The van der Waals surface area contributed by atoms with Gasteiger partial charge in [-0.3, -0.25) is 9.98 Å². The van der Waals surface area contributed by atoms with Crippen molar-refractivity contribution in [3.8, 4) is 0 Å². The van der Waals surface area contributed by atoms with Crippen molar-refractivity contribution < 1.29 is 0 Å². The Balaban J connectivity index is 2.88. The van der Waals surface area contributed by atoms with Gasteiger partial charge < -0.3 is 0 Å². The van der Waals surface area contributed by atoms with Gasteiger partial charge in [0.25, 0.3) is 0 Å². The summed E-state index contributed by atoms with van der Waals surface area (Å²) in [6.07, 6.45) is 2.86. The molecular formula is C15H17BrN2. The van der Waals surface area contributed by atoms with Crippen LogP contribution in [0.15, 0.2) is 33.9 Å². The van der Waals surface area contributed by atoms with Crippen molar-refractivity contribution in [1.82, 2.24) is 4.98 Å². The van der Waals surface area contributed by atoms with E-state index >= 15 is 0 Å². The van der Waals surface area contributed by atoms with Crippen molar-refractivity contribution in [2.75, 3.05) is 0 Å². The molecule has 0 spiro atoms. The van der Waals surface area contributed by atoms with Gasteiger partial charge in [0.2, 0.25) is 0 Å². The summed E-state index contributed by atoms with van der Waals surface area (Å²) in [7, 11) is 0. The van der Waals surface area contributed by atoms with Crippen molar-refractivity contribution in [3.05, 3.63) is 34.4 Å². The van der Waals surface area contributed by atoms with Crippen LogP contribution in [-0.4, -0.2) is 11.7 Å². The molecule has 2 nitrogen and oxygen atoms in total. The minimum Gasteiger partial charge on any atom is -0.263 e. The zero-order valence-electron chi connectivity index (χ0n) is 11.0. The van der Waals surface area contributed by atoms with Crippen molar-refractivity contribution in [3.63, 3.8) is 0 Å². The molecule has 0 atom stereocenters. The number of benzene rings is 1. The lowest BCUT2D eigenvalue weighted by atomic mass is 9.79. The number of aromatic nitrogens is 1. The Labute approximate surface area is 116 Å². The molecule has 0 unspecified atom stereocenters. The fourth-order valence-electron chi connectivity index (χ4n) is 2.16. The summed E-state index contributed by atoms with van der Waals surface area (Å²) < 4.78 is 1.06. The highest BCUT2D eigenvalue weighted by molar-refractivity contribution is 9.10. The summed E-state index contributed by atoms with van der Waals surface area (Å²) in [6, 6.07) is 6.16. The molecule has 0 radical (unpaired) electrons. The maximum atomic E-state index is 4.45. The van der Waals surface area contributed by atoms with Crippen LogP contribution in [0, 0.1) is 0 Å². The first-order valence-electron chi connectivity index (χ1n) is 6.05. The summed E-state index contributed by atoms with van der Waals surface area (Å²) >= 11 is 3.53. The Hall–Kier alpha value is -1.22. The monoisotopic (exact) mass is 304 g/mol. The molecule has 1 aromatic carbocycles. The van der Waals surface area contributed by atoms with E-state index in [0.717, 1.165) is 27.5 Å². The first kappa shape index (κ1) is 13.2. The van der Waals surface area contributed by atoms with Gasteiger partial charge in [-0.15, -0.1) is 0 Å². The van der Waals surface area contributed by atoms with E-state index in [9.17, 15) is 0 Å². The van der Waals surface area contributed by atoms with Gasteiger partial charge in [0.05, 0.1) is 17.4 Å². The Kier molecular flexibility index (Phi) is 3.53. The lowest BCUT2D eigenvalue weighted by Crippen LogP contribution is -2.16. The third-order valence-corrected chi connectivity index (χ3v) is 4.03. The quantitative estimate of drug-likeness (QED) is 0.731. The van der Waals surface area contributed by atoms with Crippen LogP contribution < -0.4 is 0 Å². The second-order valence-corrected chi connectivity index (χ2v) is 5.99. The molecule has 1 heterocycles. The molecule has 0 saturated carbocycles. The van der Waals surface area contributed by atoms with Gasteiger partial charge in [-0.05, 0) is 42.3 Å². The van der Waals surface area contributed by atoms with E-state index in [1.165, 1.54) is 5.56 Å². The Morgan fingerprint density at radius 3 is 2.72 bits per heavy atom. The first-order chi connectivity index (χ1) is 8.49. The summed E-state index contributed by atoms with van der Waals surface area (Å²) in [5.41, 5.74) is 3.17. The van der Waals surface area contributed by atoms with Crippen LogP contribution in [0.25, 0.3) is 10.9 Å². The van der Waals surface area contributed by atoms with Crippen LogP contribution in [0.1, 0.15) is 32.8 Å². The van der Waals surface area contributed by atoms with Gasteiger partial charge >= 0.3 is 0 Å². The molecule has 0 bridgehead atoms. The summed E-state index contributed by atoms with van der Waals surface area (Å²) in [4.78, 5) is 8.58. The average Bonchev–Trinajstić information content (AvgIpc) is 2.36. The molecule has 0 aliphatic heterocycles. The molecule has 0 aliphatic carbocycles. The Morgan fingerprint density at radius 1 is 1.39 bits per heavy atom. The average molecular weight is 305 g/mol. The number of nitrogens with zero attached hydrogens (tertiary/aromatic N) is 2. The zero-order valence-corrected chi connectivity index (χ0v) is 12.6. The second-order valence-electron chi connectivity index (χ2n) is 5.08. The molecule has 3 heteroatoms. The maximum Gasteiger partial charge on any atom is 0.0849 e. The molecular weight excluding hydrogens is 288 g/mol. The highest BCUT2D eigenvalue weighted by Crippen LogP contribution is 2.39. The summed E-state index contributed by atoms with van der Waals surface area (Å²) in [5, 5.41) is 1.15. The third-order valence-electron chi connectivity index (χ3n) is 3.54. The minimum atomic E-state index is 0.0541. The van der Waals surface area contributed by atoms with Crippen molar-refractivity contribution in [2.45, 2.75) is 32.6 Å². The van der Waals surface area contributed by atoms with Crippen LogP contribution in [0.2, 0.25) is 0 Å². The SMILES string of the molecule is C=Nc1cnc2ccc(Br)cc2c1C(C)(C)CC. The largest absolute Gasteiger partial charge is 0.263 e. The molecule has 94 valence electrons. The fourth-order valence-corrected chi connectivity index (χ4v) is 2.52. The van der Waals surface area contributed by atoms with E-state index in [4.69, 9.17) is 0 Å². The maximum absolute atomic E-state index is 4.45. The topological polar surface area (TPSA) is 25.2 Å². The predicted octanol–water partition coefficient (Wildman–Crippen LogP) is 5.02. The van der Waals surface area contributed by atoms with Crippen LogP contribution in [0.3, 0.4) is 0 Å². The van der Waals surface area contributed by atoms with E-state index in [0.29, 0.717) is 0 Å². The number of pyridine rings is 1. The van der Waals surface area contributed by atoms with Crippen LogP contribution in [0.4, 0.5) is 5.69 Å². The summed E-state index contributed by atoms with van der Waals surface area (Å²) in [6.45, 7) is 10.3. The number of rotatable bonds is 3. The molecule has 0 saturated heterocycles. The fraction of sp³-hybridized carbons (Fsp3) is 0.333. The molecule has 0 fully saturated rings. The van der Waals surface area contributed by atoms with Crippen LogP contribution in [0.5, 0.6) is 0 Å². The molecule has 0 amide bonds. The number of halogens is 1. The van der Waals surface area contributed by atoms with E-state index in [1.54, 1.807) is 0 Å². The van der Waals surface area contributed by atoms with Crippen molar-refractivity contribution in [1.29, 1.82) is 0 Å². The van der Waals surface area contributed by atoms with Gasteiger partial charge in [0.15, 0.2) is 0 Å². The lowest BCUT2D eigenvalue weighted by molar-refractivity contribution is 0.511. The number of hydrogen-bond acceptors (Lipinski definition) is 2. The third kappa shape index (κ3) is 2.19. The van der Waals surface area contributed by atoms with E-state index in [2.05, 4.69) is 59.5 Å². The predicted molar refractivity (Wildman–Crippen MR) is 82.0 cm³/mol. The van der Waals surface area contributed by atoms with E-state index < -0.39 is 0 Å². The van der Waals surface area contributed by atoms with Gasteiger partial charge in [-0.1, -0.05) is 36.7 Å². The molecule has 1 aromatic heterocycles. The van der Waals surface area contributed by atoms with Crippen molar-refractivity contribution in [2.24, 2.45) is 4.99 Å². The Morgan fingerprint density at radius 2 is 2.11 bits per heavy atom. The Bertz CT molecular complexity index is 603. The highest BCUT2D eigenvalue weighted by atomic mass is 79.9. The normalized spacial score (nSPS) is 11.8. The van der Waals surface area contributed by atoms with Crippen LogP contribution >= 0.6 is 15.9 Å². The van der Waals surface area contributed by atoms with E-state index in [-0.39, 0.29) is 5.41 Å². The van der Waals surface area contributed by atoms with Gasteiger partial charge in [0, 0.05) is 9.86 Å². The van der Waals surface area contributed by atoms with Gasteiger partial charge in [-0.2, -0.15) is 0 Å². The number of fused-ring (bicyclic) bond motifs is 1. The van der Waals surface area contributed by atoms with Crippen LogP contribution in [-0.2, 0) is 5.41 Å². The van der Waals surface area contributed by atoms with Crippen molar-refractivity contribution >= 4 is 39.2 Å². The van der Waals surface area contributed by atoms with Gasteiger partial charge in [0.1, 0.15) is 0 Å². The number of hydrogen-bond donors (Lipinski definition) is 0. The molecule has 0 N–H and O–H groups in total. The second kappa shape index (κ2) is 4.81. The van der Waals surface area contributed by atoms with E-state index in [1.807, 2.05) is 18.3 Å². The summed E-state index contributed by atoms with van der Waals surface area (Å²) in [5.74, 6) is 0. The molecule has 2 rings (SSSR count). The van der Waals surface area contributed by atoms with Gasteiger partial charge in [-0.25, -0.2) is 0 Å². The smallest absolute Gasteiger partial charge is 0.0849 e. The number of aliphatic imine (C=N–C) groups is 1. The minimum absolute atomic E-state index is 0.0541. The molecule has 0 aliphatic rings. The molecule has 2 aromatic rings. The lowest BCUT2D eigenvalue weighted by Gasteiger charge is -2.26. The molecule has 18 heavy (non-hydrogen) atoms. The zero-order chi connectivity index (χ0) is 13.3.